The summed E-state index contributed by atoms with van der Waals surface area (Å²) in [7, 11) is 1.32. The molecule has 2 aliphatic heterocycles. The molecule has 2 fully saturated rings. The largest absolute Gasteiger partial charge is 0.496 e. The molecule has 2 amide bonds. The highest BCUT2D eigenvalue weighted by Gasteiger charge is 2.50. The lowest BCUT2D eigenvalue weighted by Gasteiger charge is -2.43. The number of nitro benzene ring substituents is 1. The molecule has 2 saturated heterocycles. The second kappa shape index (κ2) is 10.0. The number of hydrogen-bond donors (Lipinski definition) is 2. The third-order valence-electron chi connectivity index (χ3n) is 6.58. The van der Waals surface area contributed by atoms with Gasteiger partial charge in [0.15, 0.2) is 0 Å². The molecular formula is C23H25ClFN5O5. The van der Waals surface area contributed by atoms with Crippen LogP contribution in [0.5, 0.6) is 5.75 Å². The molecule has 0 atom stereocenters. The molecule has 1 spiro atoms. The zero-order valence-electron chi connectivity index (χ0n) is 19.1. The lowest BCUT2D eigenvalue weighted by molar-refractivity contribution is -0.384. The van der Waals surface area contributed by atoms with Crippen LogP contribution in [0.15, 0.2) is 36.4 Å². The van der Waals surface area contributed by atoms with Crippen LogP contribution in [0, 0.1) is 15.9 Å². The maximum atomic E-state index is 13.4. The molecule has 2 aromatic carbocycles. The van der Waals surface area contributed by atoms with Crippen molar-refractivity contribution in [3.8, 4) is 5.75 Å². The van der Waals surface area contributed by atoms with E-state index in [4.69, 9.17) is 16.3 Å². The van der Waals surface area contributed by atoms with Crippen molar-refractivity contribution in [3.63, 3.8) is 0 Å². The van der Waals surface area contributed by atoms with Gasteiger partial charge in [0.25, 0.3) is 11.6 Å². The fourth-order valence-corrected chi connectivity index (χ4v) is 4.88. The van der Waals surface area contributed by atoms with Gasteiger partial charge in [-0.1, -0.05) is 11.6 Å². The number of nitrogens with zero attached hydrogens (tertiary/aromatic N) is 3. The van der Waals surface area contributed by atoms with E-state index in [9.17, 15) is 24.1 Å². The van der Waals surface area contributed by atoms with E-state index in [-0.39, 0.29) is 33.7 Å². The minimum atomic E-state index is -0.680. The van der Waals surface area contributed by atoms with E-state index in [1.165, 1.54) is 25.3 Å². The summed E-state index contributed by atoms with van der Waals surface area (Å²) < 4.78 is 18.5. The molecule has 0 aliphatic carbocycles. The summed E-state index contributed by atoms with van der Waals surface area (Å²) in [6.07, 6.45) is 1.19. The van der Waals surface area contributed by atoms with Crippen LogP contribution in [-0.2, 0) is 4.79 Å². The maximum absolute atomic E-state index is 13.4. The second-order valence-corrected chi connectivity index (χ2v) is 8.87. The minimum absolute atomic E-state index is 0.0306. The Balaban J connectivity index is 1.34. The van der Waals surface area contributed by atoms with Gasteiger partial charge in [0.1, 0.15) is 22.1 Å². The summed E-state index contributed by atoms with van der Waals surface area (Å²) in [5.74, 6) is -0.750. The number of anilines is 1. The van der Waals surface area contributed by atoms with Crippen molar-refractivity contribution in [1.29, 1.82) is 0 Å². The van der Waals surface area contributed by atoms with E-state index in [2.05, 4.69) is 15.5 Å². The van der Waals surface area contributed by atoms with E-state index in [1.807, 2.05) is 4.90 Å². The quantitative estimate of drug-likeness (QED) is 0.438. The highest BCUT2D eigenvalue weighted by molar-refractivity contribution is 6.33. The monoisotopic (exact) mass is 505 g/mol. The maximum Gasteiger partial charge on any atom is 0.291 e. The third-order valence-corrected chi connectivity index (χ3v) is 6.89. The zero-order chi connectivity index (χ0) is 25.2. The Morgan fingerprint density at radius 1 is 1.29 bits per heavy atom. The summed E-state index contributed by atoms with van der Waals surface area (Å²) >= 11 is 5.95. The standard InChI is InChI=1S/C23H25ClFN5O5/c1-35-20-13-19(30(33)34)18(24)12-17(20)21(31)26-8-11-28-9-6-23(7-10-28)22(32)27-14-29(23)16-4-2-15(25)3-5-16/h2-5,12-13H,6-11,14H2,1H3,(H,26,31)(H,27,32). The molecule has 2 aliphatic rings. The molecule has 35 heavy (non-hydrogen) atoms. The average molecular weight is 506 g/mol. The third kappa shape index (κ3) is 4.87. The van der Waals surface area contributed by atoms with Gasteiger partial charge in [0, 0.05) is 31.9 Å². The average Bonchev–Trinajstić information content (AvgIpc) is 3.15. The zero-order valence-corrected chi connectivity index (χ0v) is 19.8. The molecule has 4 rings (SSSR count). The lowest BCUT2D eigenvalue weighted by atomic mass is 9.85. The first-order valence-electron chi connectivity index (χ1n) is 11.1. The number of ether oxygens (including phenoxy) is 1. The first kappa shape index (κ1) is 24.7. The number of carbonyl (C=O) groups excluding carboxylic acids is 2. The number of hydrogen-bond acceptors (Lipinski definition) is 7. The Hall–Kier alpha value is -3.44. The van der Waals surface area contributed by atoms with Crippen LogP contribution in [0.25, 0.3) is 0 Å². The van der Waals surface area contributed by atoms with Crippen LogP contribution in [0.4, 0.5) is 15.8 Å². The number of amides is 2. The van der Waals surface area contributed by atoms with Crippen LogP contribution < -0.4 is 20.3 Å². The number of methoxy groups -OCH3 is 1. The number of rotatable bonds is 7. The number of piperidine rings is 1. The van der Waals surface area contributed by atoms with Crippen molar-refractivity contribution in [2.75, 3.05) is 44.9 Å². The van der Waals surface area contributed by atoms with E-state index in [0.29, 0.717) is 45.7 Å². The highest BCUT2D eigenvalue weighted by atomic mass is 35.5. The van der Waals surface area contributed by atoms with Crippen molar-refractivity contribution in [3.05, 3.63) is 62.9 Å². The van der Waals surface area contributed by atoms with Crippen molar-refractivity contribution < 1.29 is 23.6 Å². The number of halogens is 2. The molecule has 186 valence electrons. The smallest absolute Gasteiger partial charge is 0.291 e. The predicted octanol–water partition coefficient (Wildman–Crippen LogP) is 2.55. The molecule has 2 aromatic rings. The fraction of sp³-hybridized carbons (Fsp3) is 0.391. The summed E-state index contributed by atoms with van der Waals surface area (Å²) in [5.41, 5.74) is -0.118. The Morgan fingerprint density at radius 2 is 1.97 bits per heavy atom. The van der Waals surface area contributed by atoms with E-state index in [1.54, 1.807) is 12.1 Å². The Morgan fingerprint density at radius 3 is 2.60 bits per heavy atom. The number of carbonyl (C=O) groups is 2. The normalized spacial score (nSPS) is 17.3. The van der Waals surface area contributed by atoms with E-state index in [0.717, 1.165) is 11.8 Å². The topological polar surface area (TPSA) is 117 Å². The summed E-state index contributed by atoms with van der Waals surface area (Å²) in [6.45, 7) is 2.56. The first-order chi connectivity index (χ1) is 16.7. The number of nitro groups is 1. The highest BCUT2D eigenvalue weighted by Crippen LogP contribution is 2.36. The van der Waals surface area contributed by atoms with Crippen LogP contribution in [-0.4, -0.2) is 67.1 Å². The number of likely N-dealkylation sites (tertiary alicyclic amines) is 1. The van der Waals surface area contributed by atoms with Gasteiger partial charge >= 0.3 is 0 Å². The van der Waals surface area contributed by atoms with Gasteiger partial charge in [-0.25, -0.2) is 4.39 Å². The molecule has 0 radical (unpaired) electrons. The molecule has 2 heterocycles. The van der Waals surface area contributed by atoms with E-state index >= 15 is 0 Å². The van der Waals surface area contributed by atoms with Gasteiger partial charge in [0.05, 0.1) is 30.3 Å². The number of benzene rings is 2. The van der Waals surface area contributed by atoms with Crippen LogP contribution >= 0.6 is 11.6 Å². The van der Waals surface area contributed by atoms with Gasteiger partial charge in [-0.15, -0.1) is 0 Å². The fourth-order valence-electron chi connectivity index (χ4n) is 4.64. The van der Waals surface area contributed by atoms with Crippen LogP contribution in [0.2, 0.25) is 5.02 Å². The molecule has 0 saturated carbocycles. The van der Waals surface area contributed by atoms with Gasteiger partial charge in [-0.2, -0.15) is 0 Å². The van der Waals surface area contributed by atoms with Crippen molar-refractivity contribution in [1.82, 2.24) is 15.5 Å². The predicted molar refractivity (Wildman–Crippen MR) is 127 cm³/mol. The summed E-state index contributed by atoms with van der Waals surface area (Å²) in [6, 6.07) is 8.48. The minimum Gasteiger partial charge on any atom is -0.496 e. The molecule has 10 nitrogen and oxygen atoms in total. The molecule has 0 unspecified atom stereocenters. The second-order valence-electron chi connectivity index (χ2n) is 8.46. The van der Waals surface area contributed by atoms with Gasteiger partial charge in [0.2, 0.25) is 5.91 Å². The van der Waals surface area contributed by atoms with Crippen molar-refractivity contribution >= 4 is 34.8 Å². The van der Waals surface area contributed by atoms with Gasteiger partial charge in [-0.05, 0) is 43.2 Å². The molecule has 0 bridgehead atoms. The summed E-state index contributed by atoms with van der Waals surface area (Å²) in [4.78, 5) is 40.0. The van der Waals surface area contributed by atoms with Crippen molar-refractivity contribution in [2.24, 2.45) is 0 Å². The van der Waals surface area contributed by atoms with Gasteiger partial charge < -0.3 is 25.2 Å². The molecular weight excluding hydrogens is 481 g/mol. The van der Waals surface area contributed by atoms with Crippen molar-refractivity contribution in [2.45, 2.75) is 18.4 Å². The van der Waals surface area contributed by atoms with Crippen LogP contribution in [0.1, 0.15) is 23.2 Å². The molecule has 2 N–H and O–H groups in total. The molecule has 0 aromatic heterocycles. The Kier molecular flexibility index (Phi) is 7.08. The molecule has 12 heteroatoms. The first-order valence-corrected chi connectivity index (χ1v) is 11.5. The Bertz CT molecular complexity index is 1140. The Labute approximate surface area is 206 Å². The van der Waals surface area contributed by atoms with Crippen LogP contribution in [0.3, 0.4) is 0 Å². The van der Waals surface area contributed by atoms with Gasteiger partial charge in [-0.3, -0.25) is 19.7 Å². The lowest BCUT2D eigenvalue weighted by Crippen LogP contribution is -2.57. The van der Waals surface area contributed by atoms with E-state index < -0.39 is 16.4 Å². The summed E-state index contributed by atoms with van der Waals surface area (Å²) in [5, 5.41) is 16.6. The SMILES string of the molecule is COc1cc([N+](=O)[O-])c(Cl)cc1C(=O)NCCN1CCC2(CC1)C(=O)NCN2c1ccc(F)cc1. The number of nitrogens with one attached hydrogen (secondary N) is 2.